The summed E-state index contributed by atoms with van der Waals surface area (Å²) in [7, 11) is 0. The third-order valence-corrected chi connectivity index (χ3v) is 2.57. The van der Waals surface area contributed by atoms with Crippen LogP contribution in [0.5, 0.6) is 5.75 Å². The number of hydrogen-bond donors (Lipinski definition) is 1. The van der Waals surface area contributed by atoms with Crippen LogP contribution in [0.15, 0.2) is 16.6 Å². The highest BCUT2D eigenvalue weighted by Gasteiger charge is 2.33. The van der Waals surface area contributed by atoms with Crippen LogP contribution in [0.25, 0.3) is 0 Å². The van der Waals surface area contributed by atoms with Gasteiger partial charge in [0, 0.05) is 5.69 Å². The molecule has 0 bridgehead atoms. The Morgan fingerprint density at radius 1 is 1.44 bits per heavy atom. The number of carbonyl (C=O) groups is 1. The van der Waals surface area contributed by atoms with Crippen molar-refractivity contribution in [3.05, 3.63) is 22.2 Å². The van der Waals surface area contributed by atoms with Gasteiger partial charge < -0.3 is 10.5 Å². The predicted molar refractivity (Wildman–Crippen MR) is 55.2 cm³/mol. The molecule has 1 aromatic carbocycles. The summed E-state index contributed by atoms with van der Waals surface area (Å²) in [5.74, 6) is -1.14. The van der Waals surface area contributed by atoms with Gasteiger partial charge in [0.1, 0.15) is 5.75 Å². The van der Waals surface area contributed by atoms with Gasteiger partial charge in [0.05, 0.1) is 10.0 Å². The molecule has 0 amide bonds. The normalized spacial score (nSPS) is 11.3. The van der Waals surface area contributed by atoms with Crippen molar-refractivity contribution in [2.45, 2.75) is 13.3 Å². The van der Waals surface area contributed by atoms with E-state index in [-0.39, 0.29) is 15.7 Å². The van der Waals surface area contributed by atoms with Crippen LogP contribution in [-0.4, -0.2) is 12.1 Å². The van der Waals surface area contributed by atoms with E-state index in [0.717, 1.165) is 13.0 Å². The number of rotatable bonds is 2. The smallest absolute Gasteiger partial charge is 0.405 e. The number of ether oxygens (including phenoxy) is 1. The lowest BCUT2D eigenvalue weighted by atomic mass is 10.1. The summed E-state index contributed by atoms with van der Waals surface area (Å²) in [6.07, 6.45) is -4.85. The third kappa shape index (κ3) is 2.88. The van der Waals surface area contributed by atoms with Crippen molar-refractivity contribution < 1.29 is 22.7 Å². The van der Waals surface area contributed by atoms with Crippen molar-refractivity contribution in [2.24, 2.45) is 0 Å². The van der Waals surface area contributed by atoms with Crippen molar-refractivity contribution in [1.82, 2.24) is 0 Å². The predicted octanol–water partition coefficient (Wildman–Crippen LogP) is 3.13. The first-order valence-corrected chi connectivity index (χ1v) is 4.86. The van der Waals surface area contributed by atoms with E-state index in [1.54, 1.807) is 0 Å². The highest BCUT2D eigenvalue weighted by Crippen LogP contribution is 2.35. The van der Waals surface area contributed by atoms with Crippen LogP contribution >= 0.6 is 15.9 Å². The first-order chi connectivity index (χ1) is 7.22. The fourth-order valence-electron chi connectivity index (χ4n) is 1.11. The first-order valence-electron chi connectivity index (χ1n) is 4.07. The Morgan fingerprint density at radius 3 is 2.44 bits per heavy atom. The van der Waals surface area contributed by atoms with Gasteiger partial charge in [-0.25, -0.2) is 0 Å². The molecule has 3 nitrogen and oxygen atoms in total. The second-order valence-corrected chi connectivity index (χ2v) is 3.74. The summed E-state index contributed by atoms with van der Waals surface area (Å²) in [5, 5.41) is 0. The van der Waals surface area contributed by atoms with E-state index < -0.39 is 17.9 Å². The van der Waals surface area contributed by atoms with E-state index >= 15 is 0 Å². The van der Waals surface area contributed by atoms with Crippen LogP contribution in [0.3, 0.4) is 0 Å². The summed E-state index contributed by atoms with van der Waals surface area (Å²) < 4.78 is 39.9. The van der Waals surface area contributed by atoms with Gasteiger partial charge in [0.2, 0.25) is 0 Å². The maximum atomic E-state index is 12.0. The molecular formula is C9H7BrF3NO2. The maximum Gasteiger partial charge on any atom is 0.573 e. The Bertz CT molecular complexity index is 431. The molecule has 88 valence electrons. The standard InChI is InChI=1S/C9H7BrF3NO2/c1-4(15)7-6(16-9(11,12)13)3-2-5(14)8(7)10/h2-3H,14H2,1H3. The summed E-state index contributed by atoms with van der Waals surface area (Å²) in [4.78, 5) is 11.2. The second kappa shape index (κ2) is 4.32. The van der Waals surface area contributed by atoms with Crippen molar-refractivity contribution in [1.29, 1.82) is 0 Å². The number of hydrogen-bond acceptors (Lipinski definition) is 3. The Kier molecular flexibility index (Phi) is 3.47. The molecule has 0 atom stereocenters. The Labute approximate surface area is 97.5 Å². The lowest BCUT2D eigenvalue weighted by molar-refractivity contribution is -0.274. The minimum absolute atomic E-state index is 0.0988. The Balaban J connectivity index is 3.29. The van der Waals surface area contributed by atoms with Crippen molar-refractivity contribution in [2.75, 3.05) is 5.73 Å². The first kappa shape index (κ1) is 12.8. The van der Waals surface area contributed by atoms with E-state index in [2.05, 4.69) is 20.7 Å². The maximum absolute atomic E-state index is 12.0. The fraction of sp³-hybridized carbons (Fsp3) is 0.222. The fourth-order valence-corrected chi connectivity index (χ4v) is 1.72. The van der Waals surface area contributed by atoms with Crippen LogP contribution in [0.2, 0.25) is 0 Å². The van der Waals surface area contributed by atoms with Crippen LogP contribution in [0.1, 0.15) is 17.3 Å². The number of Topliss-reactive ketones (excluding diaryl/α,β-unsaturated/α-hetero) is 1. The number of nitrogens with two attached hydrogens (primary N) is 1. The van der Waals surface area contributed by atoms with Crippen LogP contribution in [-0.2, 0) is 0 Å². The zero-order valence-corrected chi connectivity index (χ0v) is 9.65. The molecule has 0 spiro atoms. The zero-order valence-electron chi connectivity index (χ0n) is 8.06. The number of anilines is 1. The summed E-state index contributed by atoms with van der Waals surface area (Å²) in [5.41, 5.74) is 5.40. The monoisotopic (exact) mass is 297 g/mol. The zero-order chi connectivity index (χ0) is 12.5. The lowest BCUT2D eigenvalue weighted by Gasteiger charge is -2.13. The third-order valence-electron chi connectivity index (χ3n) is 1.71. The molecule has 16 heavy (non-hydrogen) atoms. The van der Waals surface area contributed by atoms with Crippen molar-refractivity contribution >= 4 is 27.4 Å². The molecule has 7 heteroatoms. The van der Waals surface area contributed by atoms with Gasteiger partial charge in [0.15, 0.2) is 5.78 Å². The van der Waals surface area contributed by atoms with Crippen molar-refractivity contribution in [3.8, 4) is 5.75 Å². The van der Waals surface area contributed by atoms with E-state index in [9.17, 15) is 18.0 Å². The molecular weight excluding hydrogens is 291 g/mol. The number of benzene rings is 1. The molecule has 0 radical (unpaired) electrons. The number of alkyl halides is 3. The van der Waals surface area contributed by atoms with Gasteiger partial charge in [-0.15, -0.1) is 13.2 Å². The van der Waals surface area contributed by atoms with Crippen LogP contribution in [0, 0.1) is 0 Å². The minimum atomic E-state index is -4.85. The molecule has 0 saturated carbocycles. The number of nitrogen functional groups attached to an aromatic ring is 1. The molecule has 0 saturated heterocycles. The molecule has 0 aliphatic rings. The molecule has 0 fully saturated rings. The lowest BCUT2D eigenvalue weighted by Crippen LogP contribution is -2.19. The van der Waals surface area contributed by atoms with Gasteiger partial charge in [-0.2, -0.15) is 0 Å². The van der Waals surface area contributed by atoms with E-state index in [1.165, 1.54) is 6.07 Å². The quantitative estimate of drug-likeness (QED) is 0.674. The van der Waals surface area contributed by atoms with E-state index in [4.69, 9.17) is 5.73 Å². The summed E-state index contributed by atoms with van der Waals surface area (Å²) in [6, 6.07) is 2.22. The van der Waals surface area contributed by atoms with E-state index in [0.29, 0.717) is 0 Å². The summed E-state index contributed by atoms with van der Waals surface area (Å²) in [6.45, 7) is 1.13. The largest absolute Gasteiger partial charge is 0.573 e. The Morgan fingerprint density at radius 2 is 2.00 bits per heavy atom. The highest BCUT2D eigenvalue weighted by atomic mass is 79.9. The van der Waals surface area contributed by atoms with Crippen LogP contribution in [0.4, 0.5) is 18.9 Å². The SMILES string of the molecule is CC(=O)c1c(OC(F)(F)F)ccc(N)c1Br. The van der Waals surface area contributed by atoms with Crippen molar-refractivity contribution in [3.63, 3.8) is 0 Å². The second-order valence-electron chi connectivity index (χ2n) is 2.95. The van der Waals surface area contributed by atoms with Gasteiger partial charge in [0.25, 0.3) is 0 Å². The highest BCUT2D eigenvalue weighted by molar-refractivity contribution is 9.10. The van der Waals surface area contributed by atoms with Crippen LogP contribution < -0.4 is 10.5 Å². The Hall–Kier alpha value is -1.24. The molecule has 0 heterocycles. The van der Waals surface area contributed by atoms with Gasteiger partial charge in [-0.05, 0) is 35.0 Å². The molecule has 1 aromatic rings. The molecule has 0 aromatic heterocycles. The molecule has 0 aliphatic carbocycles. The number of halogens is 4. The number of carbonyl (C=O) groups excluding carboxylic acids is 1. The van der Waals surface area contributed by atoms with Gasteiger partial charge in [-0.1, -0.05) is 0 Å². The minimum Gasteiger partial charge on any atom is -0.405 e. The van der Waals surface area contributed by atoms with Gasteiger partial charge in [-0.3, -0.25) is 4.79 Å². The topological polar surface area (TPSA) is 52.3 Å². The average molecular weight is 298 g/mol. The van der Waals surface area contributed by atoms with E-state index in [1.807, 2.05) is 0 Å². The number of ketones is 1. The molecule has 0 unspecified atom stereocenters. The molecule has 2 N–H and O–H groups in total. The summed E-state index contributed by atoms with van der Waals surface area (Å²) >= 11 is 2.95. The molecule has 1 rings (SSSR count). The molecule has 0 aliphatic heterocycles. The van der Waals surface area contributed by atoms with Gasteiger partial charge >= 0.3 is 6.36 Å². The average Bonchev–Trinajstić information content (AvgIpc) is 2.08.